The molecule has 0 fully saturated rings. The van der Waals surface area contributed by atoms with Gasteiger partial charge in [-0.25, -0.2) is 4.79 Å². The topological polar surface area (TPSA) is 76.4 Å². The standard InChI is InChI=1S/C14H23N3O2/c1-10(2)14(3,9-15)17-13(18)16-11-7-5-6-8-12(11)19-4/h5-8,10H,9,15H2,1-4H3,(H2,16,17,18). The monoisotopic (exact) mass is 265 g/mol. The summed E-state index contributed by atoms with van der Waals surface area (Å²) >= 11 is 0. The summed E-state index contributed by atoms with van der Waals surface area (Å²) in [5.41, 5.74) is 5.93. The largest absolute Gasteiger partial charge is 0.495 e. The Balaban J connectivity index is 2.75. The lowest BCUT2D eigenvalue weighted by Gasteiger charge is -2.33. The average molecular weight is 265 g/mol. The first kappa shape index (κ1) is 15.3. The van der Waals surface area contributed by atoms with Gasteiger partial charge >= 0.3 is 6.03 Å². The zero-order chi connectivity index (χ0) is 14.5. The highest BCUT2D eigenvalue weighted by atomic mass is 16.5. The summed E-state index contributed by atoms with van der Waals surface area (Å²) in [5.74, 6) is 0.859. The number of para-hydroxylation sites is 2. The van der Waals surface area contributed by atoms with Crippen LogP contribution in [-0.2, 0) is 0 Å². The molecule has 1 atom stereocenters. The second-order valence-corrected chi connectivity index (χ2v) is 5.06. The fourth-order valence-corrected chi connectivity index (χ4v) is 1.59. The molecule has 0 aliphatic heterocycles. The van der Waals surface area contributed by atoms with Gasteiger partial charge in [0.2, 0.25) is 0 Å². The lowest BCUT2D eigenvalue weighted by atomic mass is 9.89. The number of nitrogens with one attached hydrogen (secondary N) is 2. The number of hydrogen-bond donors (Lipinski definition) is 3. The molecule has 5 heteroatoms. The number of hydrogen-bond acceptors (Lipinski definition) is 3. The molecular weight excluding hydrogens is 242 g/mol. The molecule has 0 saturated carbocycles. The maximum Gasteiger partial charge on any atom is 0.319 e. The van der Waals surface area contributed by atoms with Crippen LogP contribution in [0.15, 0.2) is 24.3 Å². The highest BCUT2D eigenvalue weighted by molar-refractivity contribution is 5.91. The van der Waals surface area contributed by atoms with Crippen molar-refractivity contribution in [3.63, 3.8) is 0 Å². The average Bonchev–Trinajstić information content (AvgIpc) is 2.38. The Kier molecular flexibility index (Phi) is 5.18. The van der Waals surface area contributed by atoms with E-state index in [2.05, 4.69) is 10.6 Å². The van der Waals surface area contributed by atoms with Crippen LogP contribution in [0, 0.1) is 5.92 Å². The van der Waals surface area contributed by atoms with Crippen LogP contribution < -0.4 is 21.1 Å². The van der Waals surface area contributed by atoms with Crippen molar-refractivity contribution in [3.05, 3.63) is 24.3 Å². The Morgan fingerprint density at radius 2 is 2.05 bits per heavy atom. The maximum absolute atomic E-state index is 12.0. The minimum Gasteiger partial charge on any atom is -0.495 e. The molecule has 0 aromatic heterocycles. The molecule has 1 aromatic rings. The highest BCUT2D eigenvalue weighted by Gasteiger charge is 2.28. The number of amides is 2. The molecule has 0 aliphatic carbocycles. The van der Waals surface area contributed by atoms with Gasteiger partial charge in [-0.15, -0.1) is 0 Å². The van der Waals surface area contributed by atoms with Crippen LogP contribution in [0.1, 0.15) is 20.8 Å². The van der Waals surface area contributed by atoms with Crippen molar-refractivity contribution in [2.45, 2.75) is 26.3 Å². The molecule has 106 valence electrons. The highest BCUT2D eigenvalue weighted by Crippen LogP contribution is 2.23. The molecule has 4 N–H and O–H groups in total. The predicted molar refractivity (Wildman–Crippen MR) is 77.4 cm³/mol. The van der Waals surface area contributed by atoms with E-state index >= 15 is 0 Å². The van der Waals surface area contributed by atoms with Crippen LogP contribution in [0.5, 0.6) is 5.75 Å². The molecule has 2 amide bonds. The van der Waals surface area contributed by atoms with E-state index in [-0.39, 0.29) is 11.9 Å². The summed E-state index contributed by atoms with van der Waals surface area (Å²) in [7, 11) is 1.57. The maximum atomic E-state index is 12.0. The third kappa shape index (κ3) is 3.86. The van der Waals surface area contributed by atoms with Gasteiger partial charge in [-0.05, 0) is 25.0 Å². The Morgan fingerprint density at radius 3 is 2.58 bits per heavy atom. The van der Waals surface area contributed by atoms with Crippen molar-refractivity contribution < 1.29 is 9.53 Å². The summed E-state index contributed by atoms with van der Waals surface area (Å²) in [6.45, 7) is 6.36. The van der Waals surface area contributed by atoms with Crippen LogP contribution in [0.3, 0.4) is 0 Å². The van der Waals surface area contributed by atoms with Gasteiger partial charge in [-0.2, -0.15) is 0 Å². The number of nitrogens with two attached hydrogens (primary N) is 1. The van der Waals surface area contributed by atoms with E-state index in [1.54, 1.807) is 19.2 Å². The molecule has 1 rings (SSSR count). The van der Waals surface area contributed by atoms with Gasteiger partial charge in [0, 0.05) is 6.54 Å². The van der Waals surface area contributed by atoms with E-state index in [9.17, 15) is 4.79 Å². The molecule has 0 radical (unpaired) electrons. The first-order chi connectivity index (χ1) is 8.92. The minimum absolute atomic E-state index is 0.237. The Morgan fingerprint density at radius 1 is 1.42 bits per heavy atom. The van der Waals surface area contributed by atoms with E-state index in [0.29, 0.717) is 18.0 Å². The summed E-state index contributed by atoms with van der Waals surface area (Å²) in [6.07, 6.45) is 0. The summed E-state index contributed by atoms with van der Waals surface area (Å²) in [6, 6.07) is 6.97. The lowest BCUT2D eigenvalue weighted by Crippen LogP contribution is -2.56. The van der Waals surface area contributed by atoms with E-state index in [1.807, 2.05) is 32.9 Å². The first-order valence-corrected chi connectivity index (χ1v) is 6.35. The van der Waals surface area contributed by atoms with Gasteiger partial charge in [-0.3, -0.25) is 0 Å². The molecule has 0 saturated heterocycles. The van der Waals surface area contributed by atoms with Gasteiger partial charge in [0.15, 0.2) is 0 Å². The van der Waals surface area contributed by atoms with Crippen LogP contribution >= 0.6 is 0 Å². The summed E-state index contributed by atoms with van der Waals surface area (Å²) < 4.78 is 5.18. The van der Waals surface area contributed by atoms with Crippen molar-refractivity contribution in [1.82, 2.24) is 5.32 Å². The van der Waals surface area contributed by atoms with E-state index in [0.717, 1.165) is 0 Å². The molecule has 1 aromatic carbocycles. The van der Waals surface area contributed by atoms with Gasteiger partial charge in [-0.1, -0.05) is 26.0 Å². The zero-order valence-corrected chi connectivity index (χ0v) is 12.0. The molecular formula is C14H23N3O2. The van der Waals surface area contributed by atoms with Gasteiger partial charge < -0.3 is 21.1 Å². The SMILES string of the molecule is COc1ccccc1NC(=O)NC(C)(CN)C(C)C. The second-order valence-electron chi connectivity index (χ2n) is 5.06. The fraction of sp³-hybridized carbons (Fsp3) is 0.500. The number of methoxy groups -OCH3 is 1. The van der Waals surface area contributed by atoms with Crippen LogP contribution in [0.4, 0.5) is 10.5 Å². The normalized spacial score (nSPS) is 13.8. The predicted octanol–water partition coefficient (Wildman–Crippen LogP) is 2.19. The van der Waals surface area contributed by atoms with Crippen LogP contribution in [-0.4, -0.2) is 25.2 Å². The molecule has 5 nitrogen and oxygen atoms in total. The van der Waals surface area contributed by atoms with Crippen molar-refractivity contribution >= 4 is 11.7 Å². The number of anilines is 1. The first-order valence-electron chi connectivity index (χ1n) is 6.35. The third-order valence-electron chi connectivity index (χ3n) is 3.45. The van der Waals surface area contributed by atoms with Crippen LogP contribution in [0.2, 0.25) is 0 Å². The van der Waals surface area contributed by atoms with Crippen molar-refractivity contribution in [2.24, 2.45) is 11.7 Å². The summed E-state index contributed by atoms with van der Waals surface area (Å²) in [5, 5.41) is 5.69. The van der Waals surface area contributed by atoms with Gasteiger partial charge in [0.25, 0.3) is 0 Å². The Hall–Kier alpha value is -1.75. The van der Waals surface area contributed by atoms with Crippen molar-refractivity contribution in [1.29, 1.82) is 0 Å². The molecule has 0 aliphatic rings. The number of ether oxygens (including phenoxy) is 1. The quantitative estimate of drug-likeness (QED) is 0.763. The van der Waals surface area contributed by atoms with E-state index < -0.39 is 5.54 Å². The Bertz CT molecular complexity index is 434. The number of urea groups is 1. The third-order valence-corrected chi connectivity index (χ3v) is 3.45. The van der Waals surface area contributed by atoms with Crippen LogP contribution in [0.25, 0.3) is 0 Å². The number of rotatable bonds is 5. The second kappa shape index (κ2) is 6.43. The van der Waals surface area contributed by atoms with Crippen molar-refractivity contribution in [2.75, 3.05) is 19.0 Å². The van der Waals surface area contributed by atoms with E-state index in [4.69, 9.17) is 10.5 Å². The Labute approximate surface area is 114 Å². The molecule has 0 bridgehead atoms. The number of carbonyl (C=O) groups is 1. The van der Waals surface area contributed by atoms with Gasteiger partial charge in [0.1, 0.15) is 5.75 Å². The molecule has 0 spiro atoms. The minimum atomic E-state index is -0.438. The molecule has 19 heavy (non-hydrogen) atoms. The van der Waals surface area contributed by atoms with E-state index in [1.165, 1.54) is 0 Å². The number of carbonyl (C=O) groups excluding carboxylic acids is 1. The smallest absolute Gasteiger partial charge is 0.319 e. The summed E-state index contributed by atoms with van der Waals surface area (Å²) in [4.78, 5) is 12.0. The van der Waals surface area contributed by atoms with Crippen molar-refractivity contribution in [3.8, 4) is 5.75 Å². The zero-order valence-electron chi connectivity index (χ0n) is 12.0. The number of benzene rings is 1. The molecule has 0 heterocycles. The molecule has 1 unspecified atom stereocenters. The van der Waals surface area contributed by atoms with Gasteiger partial charge in [0.05, 0.1) is 18.3 Å². The lowest BCUT2D eigenvalue weighted by molar-refractivity contribution is 0.225. The fourth-order valence-electron chi connectivity index (χ4n) is 1.59.